The molecule has 1 aliphatic heterocycles. The van der Waals surface area contributed by atoms with Crippen molar-refractivity contribution in [1.82, 2.24) is 20.2 Å². The van der Waals surface area contributed by atoms with Gasteiger partial charge in [0.15, 0.2) is 5.82 Å². The number of aryl methyl sites for hydroxylation is 1. The Morgan fingerprint density at radius 1 is 1.50 bits per heavy atom. The van der Waals surface area contributed by atoms with Crippen LogP contribution in [0.4, 0.5) is 5.95 Å². The van der Waals surface area contributed by atoms with Crippen molar-refractivity contribution in [2.75, 3.05) is 18.0 Å². The van der Waals surface area contributed by atoms with Crippen LogP contribution in [-0.4, -0.2) is 39.3 Å². The number of pyridine rings is 1. The van der Waals surface area contributed by atoms with Crippen molar-refractivity contribution in [2.24, 2.45) is 5.73 Å². The minimum absolute atomic E-state index is 0.232. The molecule has 0 amide bonds. The molecule has 6 heteroatoms. The number of rotatable bonds is 2. The molecule has 1 unspecified atom stereocenters. The molecule has 1 atom stereocenters. The maximum absolute atomic E-state index is 5.88. The Kier molecular flexibility index (Phi) is 2.71. The molecule has 3 rings (SSSR count). The van der Waals surface area contributed by atoms with Gasteiger partial charge in [0, 0.05) is 36.6 Å². The second-order valence-corrected chi connectivity index (χ2v) is 4.66. The second kappa shape index (κ2) is 4.38. The van der Waals surface area contributed by atoms with Gasteiger partial charge in [0.05, 0.1) is 0 Å². The highest BCUT2D eigenvalue weighted by atomic mass is 15.4. The molecule has 2 aromatic heterocycles. The van der Waals surface area contributed by atoms with Crippen molar-refractivity contribution < 1.29 is 0 Å². The topological polar surface area (TPSA) is 83.7 Å². The van der Waals surface area contributed by atoms with E-state index in [1.54, 1.807) is 6.20 Å². The predicted octanol–water partition coefficient (Wildman–Crippen LogP) is 0.713. The molecule has 18 heavy (non-hydrogen) atoms. The van der Waals surface area contributed by atoms with Gasteiger partial charge in [-0.2, -0.15) is 4.98 Å². The lowest BCUT2D eigenvalue weighted by Gasteiger charge is -2.11. The summed E-state index contributed by atoms with van der Waals surface area (Å²) in [4.78, 5) is 10.8. The Morgan fingerprint density at radius 2 is 2.39 bits per heavy atom. The molecule has 0 aromatic carbocycles. The first-order valence-electron chi connectivity index (χ1n) is 6.08. The molecule has 0 radical (unpaired) electrons. The summed E-state index contributed by atoms with van der Waals surface area (Å²) < 4.78 is 0. The van der Waals surface area contributed by atoms with Gasteiger partial charge < -0.3 is 10.6 Å². The van der Waals surface area contributed by atoms with E-state index >= 15 is 0 Å². The Balaban J connectivity index is 1.85. The zero-order chi connectivity index (χ0) is 12.5. The van der Waals surface area contributed by atoms with Crippen LogP contribution >= 0.6 is 0 Å². The summed E-state index contributed by atoms with van der Waals surface area (Å²) in [5.74, 6) is 1.50. The quantitative estimate of drug-likeness (QED) is 0.813. The number of H-pyrrole nitrogens is 1. The van der Waals surface area contributed by atoms with Crippen molar-refractivity contribution in [2.45, 2.75) is 19.4 Å². The van der Waals surface area contributed by atoms with Crippen LogP contribution in [0.25, 0.3) is 11.4 Å². The lowest BCUT2D eigenvalue weighted by molar-refractivity contribution is 0.750. The molecule has 0 aliphatic carbocycles. The van der Waals surface area contributed by atoms with E-state index in [0.717, 1.165) is 42.5 Å². The molecule has 3 N–H and O–H groups in total. The van der Waals surface area contributed by atoms with Crippen LogP contribution in [-0.2, 0) is 0 Å². The number of hydrogen-bond acceptors (Lipinski definition) is 5. The Bertz CT molecular complexity index is 549. The summed E-state index contributed by atoms with van der Waals surface area (Å²) >= 11 is 0. The van der Waals surface area contributed by atoms with Gasteiger partial charge >= 0.3 is 0 Å². The number of nitrogens with zero attached hydrogens (tertiary/aromatic N) is 4. The molecule has 94 valence electrons. The Morgan fingerprint density at radius 3 is 3.11 bits per heavy atom. The molecule has 1 aliphatic rings. The van der Waals surface area contributed by atoms with Gasteiger partial charge in [-0.05, 0) is 25.5 Å². The first-order valence-corrected chi connectivity index (χ1v) is 6.08. The maximum Gasteiger partial charge on any atom is 0.245 e. The van der Waals surface area contributed by atoms with Crippen molar-refractivity contribution >= 4 is 5.95 Å². The molecule has 1 fully saturated rings. The zero-order valence-corrected chi connectivity index (χ0v) is 10.3. The van der Waals surface area contributed by atoms with E-state index in [1.807, 2.05) is 19.1 Å². The lowest BCUT2D eigenvalue weighted by Crippen LogP contribution is -2.26. The first kappa shape index (κ1) is 11.2. The highest BCUT2D eigenvalue weighted by Crippen LogP contribution is 2.20. The van der Waals surface area contributed by atoms with Gasteiger partial charge in [0.2, 0.25) is 5.95 Å². The van der Waals surface area contributed by atoms with Gasteiger partial charge in [0.1, 0.15) is 0 Å². The van der Waals surface area contributed by atoms with Crippen molar-refractivity contribution in [3.05, 3.63) is 24.0 Å². The molecule has 1 saturated heterocycles. The van der Waals surface area contributed by atoms with E-state index < -0.39 is 0 Å². The standard InChI is InChI=1S/C12H16N6/c1-8-6-9(2-4-14-8)11-15-12(17-16-11)18-5-3-10(13)7-18/h2,4,6,10H,3,5,7,13H2,1H3,(H,15,16,17). The van der Waals surface area contributed by atoms with E-state index in [-0.39, 0.29) is 6.04 Å². The highest BCUT2D eigenvalue weighted by molar-refractivity contribution is 5.56. The van der Waals surface area contributed by atoms with Crippen LogP contribution in [0.1, 0.15) is 12.1 Å². The third kappa shape index (κ3) is 2.06. The van der Waals surface area contributed by atoms with Crippen molar-refractivity contribution in [3.63, 3.8) is 0 Å². The average Bonchev–Trinajstić information content (AvgIpc) is 2.97. The fourth-order valence-electron chi connectivity index (χ4n) is 2.19. The molecular formula is C12H16N6. The summed E-state index contributed by atoms with van der Waals surface area (Å²) in [7, 11) is 0. The number of anilines is 1. The number of nitrogens with one attached hydrogen (secondary N) is 1. The molecule has 3 heterocycles. The second-order valence-electron chi connectivity index (χ2n) is 4.66. The third-order valence-corrected chi connectivity index (χ3v) is 3.15. The van der Waals surface area contributed by atoms with Crippen LogP contribution in [0.3, 0.4) is 0 Å². The minimum atomic E-state index is 0.232. The molecule has 0 saturated carbocycles. The molecular weight excluding hydrogens is 228 g/mol. The summed E-state index contributed by atoms with van der Waals surface area (Å²) in [5.41, 5.74) is 7.86. The van der Waals surface area contributed by atoms with Crippen LogP contribution in [0.2, 0.25) is 0 Å². The van der Waals surface area contributed by atoms with Gasteiger partial charge in [-0.25, -0.2) is 0 Å². The van der Waals surface area contributed by atoms with Gasteiger partial charge in [0.25, 0.3) is 0 Å². The summed E-state index contributed by atoms with van der Waals surface area (Å²) in [6, 6.07) is 4.14. The van der Waals surface area contributed by atoms with Crippen molar-refractivity contribution in [3.8, 4) is 11.4 Å². The SMILES string of the molecule is Cc1cc(-c2nc(N3CCC(N)C3)n[nH]2)ccn1. The normalized spacial score (nSPS) is 19.4. The fourth-order valence-corrected chi connectivity index (χ4v) is 2.19. The largest absolute Gasteiger partial charge is 0.338 e. The molecule has 6 nitrogen and oxygen atoms in total. The predicted molar refractivity (Wildman–Crippen MR) is 69.2 cm³/mol. The smallest absolute Gasteiger partial charge is 0.245 e. The summed E-state index contributed by atoms with van der Waals surface area (Å²) in [5, 5.41) is 7.22. The van der Waals surface area contributed by atoms with E-state index in [0.29, 0.717) is 0 Å². The van der Waals surface area contributed by atoms with Gasteiger partial charge in [-0.1, -0.05) is 0 Å². The maximum atomic E-state index is 5.88. The Labute approximate surface area is 105 Å². The van der Waals surface area contributed by atoms with Gasteiger partial charge in [-0.15, -0.1) is 5.10 Å². The Hall–Kier alpha value is -1.95. The monoisotopic (exact) mass is 244 g/mol. The molecule has 0 bridgehead atoms. The number of nitrogens with two attached hydrogens (primary N) is 1. The summed E-state index contributed by atoms with van der Waals surface area (Å²) in [6.07, 6.45) is 2.77. The fraction of sp³-hybridized carbons (Fsp3) is 0.417. The number of hydrogen-bond donors (Lipinski definition) is 2. The van der Waals surface area contributed by atoms with Crippen LogP contribution in [0.5, 0.6) is 0 Å². The van der Waals surface area contributed by atoms with Crippen molar-refractivity contribution in [1.29, 1.82) is 0 Å². The minimum Gasteiger partial charge on any atom is -0.338 e. The molecule has 0 spiro atoms. The van der Waals surface area contributed by atoms with Crippen LogP contribution in [0, 0.1) is 6.92 Å². The van der Waals surface area contributed by atoms with Crippen LogP contribution < -0.4 is 10.6 Å². The van der Waals surface area contributed by atoms with E-state index in [1.165, 1.54) is 0 Å². The zero-order valence-electron chi connectivity index (χ0n) is 10.3. The van der Waals surface area contributed by atoms with E-state index in [4.69, 9.17) is 5.73 Å². The first-order chi connectivity index (χ1) is 8.72. The number of aromatic nitrogens is 4. The van der Waals surface area contributed by atoms with E-state index in [2.05, 4.69) is 25.1 Å². The molecule has 2 aromatic rings. The third-order valence-electron chi connectivity index (χ3n) is 3.15. The van der Waals surface area contributed by atoms with Gasteiger partial charge in [-0.3, -0.25) is 10.1 Å². The summed E-state index contributed by atoms with van der Waals surface area (Å²) in [6.45, 7) is 3.71. The van der Waals surface area contributed by atoms with Crippen LogP contribution in [0.15, 0.2) is 18.3 Å². The van der Waals surface area contributed by atoms with E-state index in [9.17, 15) is 0 Å². The lowest BCUT2D eigenvalue weighted by atomic mass is 10.2. The average molecular weight is 244 g/mol. The number of aromatic amines is 1. The highest BCUT2D eigenvalue weighted by Gasteiger charge is 2.22.